The molecule has 0 bridgehead atoms. The van der Waals surface area contributed by atoms with Crippen molar-refractivity contribution in [1.29, 1.82) is 0 Å². The van der Waals surface area contributed by atoms with Crippen LogP contribution in [0.25, 0.3) is 0 Å². The van der Waals surface area contributed by atoms with Crippen LogP contribution in [0.4, 0.5) is 0 Å². The number of hydrogen-bond donors (Lipinski definition) is 1. The van der Waals surface area contributed by atoms with Crippen LogP contribution < -0.4 is 5.73 Å². The summed E-state index contributed by atoms with van der Waals surface area (Å²) in [6, 6.07) is 7.50. The normalized spacial score (nSPS) is 23.1. The van der Waals surface area contributed by atoms with Gasteiger partial charge in [-0.3, -0.25) is 4.79 Å². The Hall–Kier alpha value is -1.10. The van der Waals surface area contributed by atoms with E-state index in [9.17, 15) is 4.79 Å². The topological polar surface area (TPSA) is 55.6 Å². The molecule has 0 saturated carbocycles. The van der Waals surface area contributed by atoms with Crippen molar-refractivity contribution in [3.8, 4) is 0 Å². The summed E-state index contributed by atoms with van der Waals surface area (Å²) < 4.78 is 5.06. The zero-order valence-corrected chi connectivity index (χ0v) is 12.5. The van der Waals surface area contributed by atoms with E-state index in [1.54, 1.807) is 7.11 Å². The fraction of sp³-hybridized carbons (Fsp3) is 0.533. The summed E-state index contributed by atoms with van der Waals surface area (Å²) >= 11 is 5.93. The van der Waals surface area contributed by atoms with Crippen LogP contribution in [-0.2, 0) is 9.53 Å². The van der Waals surface area contributed by atoms with Crippen LogP contribution >= 0.6 is 11.6 Å². The van der Waals surface area contributed by atoms with E-state index in [4.69, 9.17) is 22.1 Å². The number of halogens is 1. The molecule has 1 aliphatic heterocycles. The molecule has 1 aromatic rings. The Balaban J connectivity index is 2.18. The molecular weight excluding hydrogens is 276 g/mol. The lowest BCUT2D eigenvalue weighted by atomic mass is 9.90. The molecule has 1 saturated heterocycles. The molecule has 1 aliphatic rings. The van der Waals surface area contributed by atoms with Crippen LogP contribution in [0, 0.1) is 0 Å². The Bertz CT molecular complexity index is 450. The van der Waals surface area contributed by atoms with E-state index < -0.39 is 0 Å². The van der Waals surface area contributed by atoms with Crippen LogP contribution in [0.15, 0.2) is 24.3 Å². The lowest BCUT2D eigenvalue weighted by Gasteiger charge is -2.40. The molecule has 1 fully saturated rings. The molecule has 2 unspecified atom stereocenters. The van der Waals surface area contributed by atoms with Gasteiger partial charge in [0.1, 0.15) is 0 Å². The molecule has 2 rings (SSSR count). The first-order valence-corrected chi connectivity index (χ1v) is 7.30. The van der Waals surface area contributed by atoms with Gasteiger partial charge in [-0.05, 0) is 30.5 Å². The number of benzene rings is 1. The van der Waals surface area contributed by atoms with E-state index >= 15 is 0 Å². The van der Waals surface area contributed by atoms with Crippen molar-refractivity contribution in [2.24, 2.45) is 5.73 Å². The zero-order chi connectivity index (χ0) is 14.5. The average molecular weight is 297 g/mol. The second-order valence-electron chi connectivity index (χ2n) is 5.13. The van der Waals surface area contributed by atoms with Gasteiger partial charge >= 0.3 is 0 Å². The van der Waals surface area contributed by atoms with E-state index in [1.165, 1.54) is 0 Å². The summed E-state index contributed by atoms with van der Waals surface area (Å²) in [5.41, 5.74) is 7.30. The molecule has 2 atom stereocenters. The Kier molecular flexibility index (Phi) is 5.40. The molecule has 1 amide bonds. The lowest BCUT2D eigenvalue weighted by Crippen LogP contribution is -2.49. The smallest absolute Gasteiger partial charge is 0.223 e. The van der Waals surface area contributed by atoms with Gasteiger partial charge in [0.05, 0.1) is 6.04 Å². The van der Waals surface area contributed by atoms with Crippen LogP contribution in [0.2, 0.25) is 5.02 Å². The second kappa shape index (κ2) is 7.07. The van der Waals surface area contributed by atoms with Gasteiger partial charge in [0.15, 0.2) is 0 Å². The monoisotopic (exact) mass is 296 g/mol. The highest BCUT2D eigenvalue weighted by Gasteiger charge is 2.34. The number of hydrogen-bond acceptors (Lipinski definition) is 3. The van der Waals surface area contributed by atoms with E-state index in [1.807, 2.05) is 29.2 Å². The Labute approximate surface area is 124 Å². The van der Waals surface area contributed by atoms with Gasteiger partial charge in [0.25, 0.3) is 0 Å². The molecule has 110 valence electrons. The first-order chi connectivity index (χ1) is 9.63. The minimum Gasteiger partial charge on any atom is -0.385 e. The minimum atomic E-state index is -0.0645. The van der Waals surface area contributed by atoms with Crippen LogP contribution in [0.1, 0.15) is 30.9 Å². The molecular formula is C15H21ClN2O2. The van der Waals surface area contributed by atoms with E-state index in [0.29, 0.717) is 24.6 Å². The number of nitrogens with zero attached hydrogens (tertiary/aromatic N) is 1. The number of likely N-dealkylation sites (tertiary alicyclic amines) is 1. The Morgan fingerprint density at radius 2 is 2.10 bits per heavy atom. The first-order valence-electron chi connectivity index (χ1n) is 6.93. The highest BCUT2D eigenvalue weighted by atomic mass is 35.5. The Morgan fingerprint density at radius 3 is 2.75 bits per heavy atom. The number of nitrogens with two attached hydrogens (primary N) is 1. The van der Waals surface area contributed by atoms with E-state index in [0.717, 1.165) is 18.4 Å². The van der Waals surface area contributed by atoms with Crippen molar-refractivity contribution in [3.05, 3.63) is 34.9 Å². The third kappa shape index (κ3) is 3.51. The predicted molar refractivity (Wildman–Crippen MR) is 79.6 cm³/mol. The third-order valence-electron chi connectivity index (χ3n) is 3.71. The van der Waals surface area contributed by atoms with Gasteiger partial charge in [-0.2, -0.15) is 0 Å². The van der Waals surface area contributed by atoms with Crippen molar-refractivity contribution in [1.82, 2.24) is 4.90 Å². The predicted octanol–water partition coefficient (Wildman–Crippen LogP) is 2.37. The van der Waals surface area contributed by atoms with E-state index in [2.05, 4.69) is 0 Å². The average Bonchev–Trinajstić information content (AvgIpc) is 2.44. The highest BCUT2D eigenvalue weighted by molar-refractivity contribution is 6.30. The number of carbonyl (C=O) groups excluding carboxylic acids is 1. The fourth-order valence-corrected chi connectivity index (χ4v) is 2.83. The SMILES string of the molecule is COCCCN1C(=O)CCC(N)C1c1ccc(Cl)cc1. The summed E-state index contributed by atoms with van der Waals surface area (Å²) in [4.78, 5) is 14.1. The molecule has 0 radical (unpaired) electrons. The molecule has 5 heteroatoms. The maximum absolute atomic E-state index is 12.2. The summed E-state index contributed by atoms with van der Waals surface area (Å²) in [5.74, 6) is 0.169. The molecule has 1 heterocycles. The third-order valence-corrected chi connectivity index (χ3v) is 3.96. The standard InChI is InChI=1S/C15H21ClN2O2/c1-20-10-2-9-18-14(19)8-7-13(17)15(18)11-3-5-12(16)6-4-11/h3-6,13,15H,2,7-10,17H2,1H3. The summed E-state index contributed by atoms with van der Waals surface area (Å²) in [6.07, 6.45) is 2.07. The van der Waals surface area contributed by atoms with Crippen molar-refractivity contribution >= 4 is 17.5 Å². The lowest BCUT2D eigenvalue weighted by molar-refractivity contribution is -0.137. The Morgan fingerprint density at radius 1 is 1.40 bits per heavy atom. The number of ether oxygens (including phenoxy) is 1. The van der Waals surface area contributed by atoms with Crippen molar-refractivity contribution in [2.45, 2.75) is 31.3 Å². The van der Waals surface area contributed by atoms with Gasteiger partial charge < -0.3 is 15.4 Å². The van der Waals surface area contributed by atoms with Gasteiger partial charge in [-0.15, -0.1) is 0 Å². The fourth-order valence-electron chi connectivity index (χ4n) is 2.71. The number of amides is 1. The zero-order valence-electron chi connectivity index (χ0n) is 11.7. The molecule has 4 nitrogen and oxygen atoms in total. The molecule has 20 heavy (non-hydrogen) atoms. The largest absolute Gasteiger partial charge is 0.385 e. The number of piperidine rings is 1. The molecule has 1 aromatic carbocycles. The molecule has 0 aromatic heterocycles. The minimum absolute atomic E-state index is 0.0311. The number of rotatable bonds is 5. The van der Waals surface area contributed by atoms with E-state index in [-0.39, 0.29) is 18.0 Å². The highest BCUT2D eigenvalue weighted by Crippen LogP contribution is 2.31. The maximum Gasteiger partial charge on any atom is 0.223 e. The van der Waals surface area contributed by atoms with Gasteiger partial charge in [0.2, 0.25) is 5.91 Å². The van der Waals surface area contributed by atoms with Crippen LogP contribution in [-0.4, -0.2) is 37.1 Å². The number of methoxy groups -OCH3 is 1. The van der Waals surface area contributed by atoms with Gasteiger partial charge in [0, 0.05) is 37.7 Å². The molecule has 0 spiro atoms. The second-order valence-corrected chi connectivity index (χ2v) is 5.57. The quantitative estimate of drug-likeness (QED) is 0.849. The van der Waals surface area contributed by atoms with Crippen LogP contribution in [0.5, 0.6) is 0 Å². The first kappa shape index (κ1) is 15.3. The maximum atomic E-state index is 12.2. The summed E-state index contributed by atoms with van der Waals surface area (Å²) in [7, 11) is 1.67. The number of carbonyl (C=O) groups is 1. The van der Waals surface area contributed by atoms with Gasteiger partial charge in [-0.25, -0.2) is 0 Å². The molecule has 2 N–H and O–H groups in total. The summed E-state index contributed by atoms with van der Waals surface area (Å²) in [5, 5.41) is 0.690. The van der Waals surface area contributed by atoms with Crippen LogP contribution in [0.3, 0.4) is 0 Å². The van der Waals surface area contributed by atoms with Gasteiger partial charge in [-0.1, -0.05) is 23.7 Å². The molecule has 0 aliphatic carbocycles. The van der Waals surface area contributed by atoms with Crippen molar-refractivity contribution < 1.29 is 9.53 Å². The summed E-state index contributed by atoms with van der Waals surface area (Å²) in [6.45, 7) is 1.32. The van der Waals surface area contributed by atoms with Crippen molar-refractivity contribution in [3.63, 3.8) is 0 Å². The van der Waals surface area contributed by atoms with Crippen molar-refractivity contribution in [2.75, 3.05) is 20.3 Å².